The second kappa shape index (κ2) is 6.48. The molecule has 0 bridgehead atoms. The Morgan fingerprint density at radius 3 is 2.40 bits per heavy atom. The predicted octanol–water partition coefficient (Wildman–Crippen LogP) is 4.12. The average molecular weight is 333 g/mol. The Balaban J connectivity index is 2.21. The SMILES string of the molecule is CC(C)(Cc1ccc2ccccc2c1C(=O)c1ccccn1)C(=O)O. The molecule has 0 aliphatic carbocycles. The van der Waals surface area contributed by atoms with Crippen LogP contribution in [-0.4, -0.2) is 21.8 Å². The summed E-state index contributed by atoms with van der Waals surface area (Å²) in [5.41, 5.74) is 0.642. The van der Waals surface area contributed by atoms with Gasteiger partial charge in [0, 0.05) is 11.8 Å². The Kier molecular flexibility index (Phi) is 4.36. The van der Waals surface area contributed by atoms with Crippen LogP contribution >= 0.6 is 0 Å². The number of carbonyl (C=O) groups is 2. The molecular formula is C21H19NO3. The molecule has 0 unspecified atom stereocenters. The lowest BCUT2D eigenvalue weighted by molar-refractivity contribution is -0.146. The number of benzene rings is 2. The van der Waals surface area contributed by atoms with Gasteiger partial charge in [-0.15, -0.1) is 0 Å². The summed E-state index contributed by atoms with van der Waals surface area (Å²) >= 11 is 0. The van der Waals surface area contributed by atoms with Crippen LogP contribution in [0.15, 0.2) is 60.8 Å². The highest BCUT2D eigenvalue weighted by molar-refractivity contribution is 6.16. The number of carboxylic acids is 1. The van der Waals surface area contributed by atoms with Crippen LogP contribution in [0.5, 0.6) is 0 Å². The molecule has 0 aliphatic rings. The molecule has 4 nitrogen and oxygen atoms in total. The van der Waals surface area contributed by atoms with E-state index in [-0.39, 0.29) is 12.2 Å². The Labute approximate surface area is 146 Å². The van der Waals surface area contributed by atoms with Gasteiger partial charge in [0.1, 0.15) is 5.69 Å². The monoisotopic (exact) mass is 333 g/mol. The minimum absolute atomic E-state index is 0.186. The van der Waals surface area contributed by atoms with Gasteiger partial charge in [0.25, 0.3) is 0 Å². The van der Waals surface area contributed by atoms with Crippen molar-refractivity contribution >= 4 is 22.5 Å². The molecule has 0 radical (unpaired) electrons. The lowest BCUT2D eigenvalue weighted by Gasteiger charge is -2.21. The molecule has 0 saturated carbocycles. The fourth-order valence-electron chi connectivity index (χ4n) is 2.91. The number of hydrogen-bond donors (Lipinski definition) is 1. The summed E-state index contributed by atoms with van der Waals surface area (Å²) in [5, 5.41) is 11.2. The maximum atomic E-state index is 13.1. The van der Waals surface area contributed by atoms with E-state index in [1.54, 1.807) is 38.2 Å². The summed E-state index contributed by atoms with van der Waals surface area (Å²) in [6, 6.07) is 16.6. The van der Waals surface area contributed by atoms with E-state index < -0.39 is 11.4 Å². The molecule has 2 aromatic carbocycles. The molecule has 3 rings (SSSR count). The van der Waals surface area contributed by atoms with E-state index in [2.05, 4.69) is 4.98 Å². The van der Waals surface area contributed by atoms with Crippen molar-refractivity contribution in [1.82, 2.24) is 4.98 Å². The summed E-state index contributed by atoms with van der Waals surface area (Å²) in [7, 11) is 0. The van der Waals surface area contributed by atoms with Crippen LogP contribution in [-0.2, 0) is 11.2 Å². The number of aliphatic carboxylic acids is 1. The smallest absolute Gasteiger partial charge is 0.309 e. The van der Waals surface area contributed by atoms with Crippen molar-refractivity contribution in [2.24, 2.45) is 5.41 Å². The number of ketones is 1. The molecule has 0 spiro atoms. The van der Waals surface area contributed by atoms with Crippen molar-refractivity contribution in [1.29, 1.82) is 0 Å². The molecular weight excluding hydrogens is 314 g/mol. The minimum atomic E-state index is -0.971. The Morgan fingerprint density at radius 2 is 1.72 bits per heavy atom. The van der Waals surface area contributed by atoms with Gasteiger partial charge in [0.15, 0.2) is 0 Å². The average Bonchev–Trinajstić information content (AvgIpc) is 2.61. The van der Waals surface area contributed by atoms with Crippen molar-refractivity contribution in [2.75, 3.05) is 0 Å². The third kappa shape index (κ3) is 3.29. The molecule has 0 fully saturated rings. The largest absolute Gasteiger partial charge is 0.481 e. The van der Waals surface area contributed by atoms with E-state index in [0.29, 0.717) is 11.3 Å². The van der Waals surface area contributed by atoms with E-state index in [1.807, 2.05) is 36.4 Å². The molecule has 0 amide bonds. The number of fused-ring (bicyclic) bond motifs is 1. The molecule has 126 valence electrons. The highest BCUT2D eigenvalue weighted by Crippen LogP contribution is 2.30. The minimum Gasteiger partial charge on any atom is -0.481 e. The predicted molar refractivity (Wildman–Crippen MR) is 96.7 cm³/mol. The van der Waals surface area contributed by atoms with Crippen LogP contribution in [0.25, 0.3) is 10.8 Å². The number of carbonyl (C=O) groups excluding carboxylic acids is 1. The standard InChI is InChI=1S/C21H19NO3/c1-21(2,20(24)25)13-15-11-10-14-7-3-4-8-16(14)18(15)19(23)17-9-5-6-12-22-17/h3-12H,13H2,1-2H3,(H,24,25). The van der Waals surface area contributed by atoms with Gasteiger partial charge in [-0.2, -0.15) is 0 Å². The van der Waals surface area contributed by atoms with Crippen LogP contribution < -0.4 is 0 Å². The number of rotatable bonds is 5. The zero-order valence-corrected chi connectivity index (χ0v) is 14.2. The number of carboxylic acid groups (broad SMARTS) is 1. The first kappa shape index (κ1) is 16.8. The maximum Gasteiger partial charge on any atom is 0.309 e. The molecule has 25 heavy (non-hydrogen) atoms. The third-order valence-corrected chi connectivity index (χ3v) is 4.35. The molecule has 1 aromatic heterocycles. The van der Waals surface area contributed by atoms with Gasteiger partial charge in [-0.1, -0.05) is 42.5 Å². The number of nitrogens with zero attached hydrogens (tertiary/aromatic N) is 1. The highest BCUT2D eigenvalue weighted by Gasteiger charge is 2.30. The maximum absolute atomic E-state index is 13.1. The van der Waals surface area contributed by atoms with Crippen LogP contribution in [0.3, 0.4) is 0 Å². The summed E-state index contributed by atoms with van der Waals surface area (Å²) < 4.78 is 0. The quantitative estimate of drug-likeness (QED) is 0.713. The lowest BCUT2D eigenvalue weighted by atomic mass is 9.82. The molecule has 0 saturated heterocycles. The number of pyridine rings is 1. The van der Waals surface area contributed by atoms with Gasteiger partial charge in [0.05, 0.1) is 5.41 Å². The summed E-state index contributed by atoms with van der Waals surface area (Å²) in [6.45, 7) is 3.33. The molecule has 0 aliphatic heterocycles. The number of aromatic nitrogens is 1. The van der Waals surface area contributed by atoms with Crippen molar-refractivity contribution in [3.8, 4) is 0 Å². The van der Waals surface area contributed by atoms with E-state index in [4.69, 9.17) is 0 Å². The molecule has 4 heteroatoms. The van der Waals surface area contributed by atoms with Gasteiger partial charge in [-0.25, -0.2) is 0 Å². The van der Waals surface area contributed by atoms with Gasteiger partial charge in [0.2, 0.25) is 5.78 Å². The van der Waals surface area contributed by atoms with Gasteiger partial charge >= 0.3 is 5.97 Å². The highest BCUT2D eigenvalue weighted by atomic mass is 16.4. The molecule has 1 heterocycles. The van der Waals surface area contributed by atoms with Crippen molar-refractivity contribution in [2.45, 2.75) is 20.3 Å². The Bertz CT molecular complexity index is 946. The second-order valence-electron chi connectivity index (χ2n) is 6.73. The fourth-order valence-corrected chi connectivity index (χ4v) is 2.91. The fraction of sp³-hybridized carbons (Fsp3) is 0.190. The van der Waals surface area contributed by atoms with Gasteiger partial charge in [-0.3, -0.25) is 14.6 Å². The zero-order valence-electron chi connectivity index (χ0n) is 14.2. The molecule has 0 atom stereocenters. The van der Waals surface area contributed by atoms with Gasteiger partial charge in [-0.05, 0) is 48.7 Å². The van der Waals surface area contributed by atoms with E-state index >= 15 is 0 Å². The first-order chi connectivity index (χ1) is 11.9. The van der Waals surface area contributed by atoms with Gasteiger partial charge < -0.3 is 5.11 Å². The van der Waals surface area contributed by atoms with Crippen LogP contribution in [0, 0.1) is 5.41 Å². The van der Waals surface area contributed by atoms with E-state index in [1.165, 1.54) is 0 Å². The second-order valence-corrected chi connectivity index (χ2v) is 6.73. The first-order valence-electron chi connectivity index (χ1n) is 8.10. The molecule has 3 aromatic rings. The summed E-state index contributed by atoms with van der Waals surface area (Å²) in [4.78, 5) is 28.8. The number of hydrogen-bond acceptors (Lipinski definition) is 3. The first-order valence-corrected chi connectivity index (χ1v) is 8.10. The normalized spacial score (nSPS) is 11.4. The van der Waals surface area contributed by atoms with Crippen LogP contribution in [0.1, 0.15) is 35.5 Å². The summed E-state index contributed by atoms with van der Waals surface area (Å²) in [5.74, 6) is -1.08. The van der Waals surface area contributed by atoms with E-state index in [9.17, 15) is 14.7 Å². The van der Waals surface area contributed by atoms with Crippen LogP contribution in [0.4, 0.5) is 0 Å². The Morgan fingerprint density at radius 1 is 1.00 bits per heavy atom. The van der Waals surface area contributed by atoms with Crippen molar-refractivity contribution < 1.29 is 14.7 Å². The van der Waals surface area contributed by atoms with Crippen LogP contribution in [0.2, 0.25) is 0 Å². The van der Waals surface area contributed by atoms with E-state index in [0.717, 1.165) is 16.3 Å². The van der Waals surface area contributed by atoms with Crippen molar-refractivity contribution in [3.63, 3.8) is 0 Å². The zero-order chi connectivity index (χ0) is 18.0. The topological polar surface area (TPSA) is 67.3 Å². The summed E-state index contributed by atoms with van der Waals surface area (Å²) in [6.07, 6.45) is 1.85. The third-order valence-electron chi connectivity index (χ3n) is 4.35. The van der Waals surface area contributed by atoms with Crippen molar-refractivity contribution in [3.05, 3.63) is 77.6 Å². The Hall–Kier alpha value is -3.01. The molecule has 1 N–H and O–H groups in total. The lowest BCUT2D eigenvalue weighted by Crippen LogP contribution is -2.27.